The van der Waals surface area contributed by atoms with Gasteiger partial charge in [-0.15, -0.1) is 0 Å². The van der Waals surface area contributed by atoms with Crippen molar-refractivity contribution < 1.29 is 4.79 Å². The minimum Gasteiger partial charge on any atom is -0.348 e. The first-order valence-electron chi connectivity index (χ1n) is 4.43. The second kappa shape index (κ2) is 6.17. The van der Waals surface area contributed by atoms with Crippen LogP contribution >= 0.6 is 0 Å². The molecule has 1 amide bonds. The number of nitrogens with one attached hydrogen (secondary N) is 1. The number of aryl methyl sites for hydroxylation is 1. The molecule has 13 heavy (non-hydrogen) atoms. The zero-order chi connectivity index (χ0) is 9.36. The van der Waals surface area contributed by atoms with E-state index in [-0.39, 0.29) is 0 Å². The summed E-state index contributed by atoms with van der Waals surface area (Å²) in [6.07, 6.45) is 6.45. The third kappa shape index (κ3) is 4.25. The van der Waals surface area contributed by atoms with Crippen LogP contribution in [-0.2, 0) is 11.2 Å². The van der Waals surface area contributed by atoms with Crippen molar-refractivity contribution in [2.24, 2.45) is 0 Å². The van der Waals surface area contributed by atoms with E-state index in [1.807, 2.05) is 18.2 Å². The van der Waals surface area contributed by atoms with E-state index < -0.39 is 0 Å². The lowest BCUT2D eigenvalue weighted by molar-refractivity contribution is 0.538. The van der Waals surface area contributed by atoms with Crippen LogP contribution in [-0.4, -0.2) is 17.9 Å². The Kier molecular flexibility index (Phi) is 4.61. The number of hydrogen-bond acceptors (Lipinski definition) is 2. The molecule has 0 fully saturated rings. The molecule has 0 aliphatic rings. The standard InChI is InChI=1S/C10H13N2O/c13-9-11-7-3-1-5-10-6-2-4-8-12-10/h2,4,6,8H,1,3,5,7H2,(H,11,13). The summed E-state index contributed by atoms with van der Waals surface area (Å²) >= 11 is 0. The molecule has 0 aliphatic heterocycles. The van der Waals surface area contributed by atoms with Crippen LogP contribution < -0.4 is 5.32 Å². The lowest BCUT2D eigenvalue weighted by Crippen LogP contribution is -2.11. The zero-order valence-electron chi connectivity index (χ0n) is 7.49. The minimum absolute atomic E-state index is 0.705. The van der Waals surface area contributed by atoms with Crippen LogP contribution in [0.4, 0.5) is 0 Å². The predicted octanol–water partition coefficient (Wildman–Crippen LogP) is 1.06. The second-order valence-corrected chi connectivity index (χ2v) is 2.81. The smallest absolute Gasteiger partial charge is 0.309 e. The minimum atomic E-state index is 0.705. The first kappa shape index (κ1) is 9.71. The van der Waals surface area contributed by atoms with Gasteiger partial charge in [0.15, 0.2) is 0 Å². The SMILES string of the molecule is O=[C]NCCCCc1ccccn1. The van der Waals surface area contributed by atoms with E-state index in [1.54, 1.807) is 12.6 Å². The van der Waals surface area contributed by atoms with Crippen LogP contribution in [0.15, 0.2) is 24.4 Å². The van der Waals surface area contributed by atoms with E-state index in [9.17, 15) is 4.79 Å². The molecule has 1 heterocycles. The first-order chi connectivity index (χ1) is 6.43. The molecule has 0 aliphatic carbocycles. The largest absolute Gasteiger partial charge is 0.348 e. The molecule has 0 aromatic carbocycles. The van der Waals surface area contributed by atoms with E-state index in [0.29, 0.717) is 6.54 Å². The van der Waals surface area contributed by atoms with Gasteiger partial charge in [0.25, 0.3) is 0 Å². The van der Waals surface area contributed by atoms with Crippen molar-refractivity contribution in [2.75, 3.05) is 6.54 Å². The highest BCUT2D eigenvalue weighted by Gasteiger charge is 1.92. The van der Waals surface area contributed by atoms with E-state index >= 15 is 0 Å². The summed E-state index contributed by atoms with van der Waals surface area (Å²) in [5.74, 6) is 0. The molecular weight excluding hydrogens is 164 g/mol. The van der Waals surface area contributed by atoms with Crippen molar-refractivity contribution in [3.05, 3.63) is 30.1 Å². The molecule has 69 valence electrons. The highest BCUT2D eigenvalue weighted by molar-refractivity contribution is 5.46. The molecular formula is C10H13N2O. The Morgan fingerprint density at radius 3 is 3.00 bits per heavy atom. The van der Waals surface area contributed by atoms with Gasteiger partial charge in [0.2, 0.25) is 0 Å². The number of hydrogen-bond donors (Lipinski definition) is 1. The number of unbranched alkanes of at least 4 members (excludes halogenated alkanes) is 1. The van der Waals surface area contributed by atoms with Crippen molar-refractivity contribution in [1.29, 1.82) is 0 Å². The average molecular weight is 177 g/mol. The fourth-order valence-corrected chi connectivity index (χ4v) is 1.12. The van der Waals surface area contributed by atoms with Gasteiger partial charge in [-0.05, 0) is 31.4 Å². The maximum absolute atomic E-state index is 9.79. The van der Waals surface area contributed by atoms with Crippen LogP contribution in [0, 0.1) is 0 Å². The van der Waals surface area contributed by atoms with Gasteiger partial charge in [-0.2, -0.15) is 0 Å². The molecule has 3 heteroatoms. The van der Waals surface area contributed by atoms with Gasteiger partial charge < -0.3 is 5.32 Å². The molecule has 1 radical (unpaired) electrons. The molecule has 0 saturated heterocycles. The number of aromatic nitrogens is 1. The number of carbonyl (C=O) groups excluding carboxylic acids is 1. The Hall–Kier alpha value is -1.38. The zero-order valence-corrected chi connectivity index (χ0v) is 7.49. The van der Waals surface area contributed by atoms with Gasteiger partial charge >= 0.3 is 6.41 Å². The third-order valence-electron chi connectivity index (χ3n) is 1.78. The summed E-state index contributed by atoms with van der Waals surface area (Å²) in [4.78, 5) is 14.0. The second-order valence-electron chi connectivity index (χ2n) is 2.81. The lowest BCUT2D eigenvalue weighted by atomic mass is 10.2. The quantitative estimate of drug-likeness (QED) is 0.521. The third-order valence-corrected chi connectivity index (χ3v) is 1.78. The Bertz CT molecular complexity index is 236. The molecule has 0 saturated carbocycles. The van der Waals surface area contributed by atoms with Crippen LogP contribution in [0.5, 0.6) is 0 Å². The first-order valence-corrected chi connectivity index (χ1v) is 4.43. The highest BCUT2D eigenvalue weighted by Crippen LogP contribution is 1.99. The number of nitrogens with zero attached hydrogens (tertiary/aromatic N) is 1. The monoisotopic (exact) mass is 177 g/mol. The number of amides is 1. The Morgan fingerprint density at radius 2 is 2.31 bits per heavy atom. The predicted molar refractivity (Wildman–Crippen MR) is 50.9 cm³/mol. The molecule has 1 aromatic heterocycles. The van der Waals surface area contributed by atoms with Gasteiger partial charge in [-0.3, -0.25) is 9.78 Å². The van der Waals surface area contributed by atoms with Gasteiger partial charge in [-0.25, -0.2) is 0 Å². The maximum atomic E-state index is 9.79. The molecule has 0 unspecified atom stereocenters. The highest BCUT2D eigenvalue weighted by atomic mass is 16.1. The normalized spacial score (nSPS) is 9.54. The van der Waals surface area contributed by atoms with Crippen molar-refractivity contribution in [3.8, 4) is 0 Å². The molecule has 0 atom stereocenters. The Balaban J connectivity index is 2.10. The Labute approximate surface area is 78.2 Å². The van der Waals surface area contributed by atoms with Crippen LogP contribution in [0.3, 0.4) is 0 Å². The summed E-state index contributed by atoms with van der Waals surface area (Å²) in [6.45, 7) is 0.705. The van der Waals surface area contributed by atoms with E-state index in [2.05, 4.69) is 10.3 Å². The fourth-order valence-electron chi connectivity index (χ4n) is 1.12. The van der Waals surface area contributed by atoms with E-state index in [0.717, 1.165) is 25.0 Å². The van der Waals surface area contributed by atoms with Crippen LogP contribution in [0.25, 0.3) is 0 Å². The summed E-state index contributed by atoms with van der Waals surface area (Å²) < 4.78 is 0. The topological polar surface area (TPSA) is 42.0 Å². The van der Waals surface area contributed by atoms with Gasteiger partial charge in [0.05, 0.1) is 0 Å². The fraction of sp³-hybridized carbons (Fsp3) is 0.400. The van der Waals surface area contributed by atoms with Gasteiger partial charge in [-0.1, -0.05) is 6.07 Å². The Morgan fingerprint density at radius 1 is 1.38 bits per heavy atom. The van der Waals surface area contributed by atoms with Crippen molar-refractivity contribution in [3.63, 3.8) is 0 Å². The van der Waals surface area contributed by atoms with Crippen LogP contribution in [0.2, 0.25) is 0 Å². The average Bonchev–Trinajstić information content (AvgIpc) is 2.19. The van der Waals surface area contributed by atoms with E-state index in [4.69, 9.17) is 0 Å². The number of pyridine rings is 1. The maximum Gasteiger partial charge on any atom is 0.309 e. The van der Waals surface area contributed by atoms with Crippen molar-refractivity contribution >= 4 is 6.41 Å². The van der Waals surface area contributed by atoms with E-state index in [1.165, 1.54) is 0 Å². The van der Waals surface area contributed by atoms with Crippen LogP contribution in [0.1, 0.15) is 18.5 Å². The summed E-state index contributed by atoms with van der Waals surface area (Å²) in [5.41, 5.74) is 1.11. The molecule has 3 nitrogen and oxygen atoms in total. The van der Waals surface area contributed by atoms with Gasteiger partial charge in [0, 0.05) is 18.4 Å². The summed E-state index contributed by atoms with van der Waals surface area (Å²) in [7, 11) is 0. The van der Waals surface area contributed by atoms with Crippen molar-refractivity contribution in [2.45, 2.75) is 19.3 Å². The number of rotatable bonds is 6. The molecule has 1 aromatic rings. The molecule has 0 bridgehead atoms. The van der Waals surface area contributed by atoms with Crippen molar-refractivity contribution in [1.82, 2.24) is 10.3 Å². The summed E-state index contributed by atoms with van der Waals surface area (Å²) in [6, 6.07) is 5.91. The molecule has 1 N–H and O–H groups in total. The molecule has 0 spiro atoms. The summed E-state index contributed by atoms with van der Waals surface area (Å²) in [5, 5.41) is 2.51. The molecule has 1 rings (SSSR count). The van der Waals surface area contributed by atoms with Gasteiger partial charge in [0.1, 0.15) is 0 Å². The lowest BCUT2D eigenvalue weighted by Gasteiger charge is -1.99.